The molecule has 0 bridgehead atoms. The van der Waals surface area contributed by atoms with Crippen LogP contribution in [0.15, 0.2) is 24.3 Å². The summed E-state index contributed by atoms with van der Waals surface area (Å²) in [5, 5.41) is 2.89. The fraction of sp³-hybridized carbons (Fsp3) is 0.562. The van der Waals surface area contributed by atoms with Crippen molar-refractivity contribution in [1.82, 2.24) is 5.32 Å². The number of hydrogen-bond donors (Lipinski definition) is 1. The van der Waals surface area contributed by atoms with Crippen LogP contribution < -0.4 is 14.8 Å². The lowest BCUT2D eigenvalue weighted by atomic mass is 10.2. The summed E-state index contributed by atoms with van der Waals surface area (Å²) >= 11 is 0. The summed E-state index contributed by atoms with van der Waals surface area (Å²) in [5.41, 5.74) is 0. The second kappa shape index (κ2) is 9.23. The third-order valence-electron chi connectivity index (χ3n) is 2.66. The van der Waals surface area contributed by atoms with Gasteiger partial charge in [0.2, 0.25) is 5.91 Å². The van der Waals surface area contributed by atoms with Crippen LogP contribution in [-0.2, 0) is 4.79 Å². The monoisotopic (exact) mass is 279 g/mol. The van der Waals surface area contributed by atoms with Gasteiger partial charge in [-0.3, -0.25) is 4.79 Å². The Hall–Kier alpha value is -1.71. The minimum Gasteiger partial charge on any atom is -0.490 e. The van der Waals surface area contributed by atoms with E-state index in [1.807, 2.05) is 31.2 Å². The molecule has 0 saturated carbocycles. The molecule has 4 heteroatoms. The van der Waals surface area contributed by atoms with Gasteiger partial charge in [-0.15, -0.1) is 0 Å². The minimum absolute atomic E-state index is 0.0837. The SMILES string of the molecule is CCOc1ccccc1OCCCC(=O)NCC(C)C. The molecular formula is C16H25NO3. The highest BCUT2D eigenvalue weighted by atomic mass is 16.5. The number of carbonyl (C=O) groups is 1. The average Bonchev–Trinajstić information content (AvgIpc) is 2.43. The molecule has 0 aliphatic carbocycles. The Balaban J connectivity index is 2.25. The molecule has 0 aliphatic heterocycles. The number of amides is 1. The number of benzene rings is 1. The van der Waals surface area contributed by atoms with E-state index in [4.69, 9.17) is 9.47 Å². The lowest BCUT2D eigenvalue weighted by molar-refractivity contribution is -0.121. The van der Waals surface area contributed by atoms with Crippen molar-refractivity contribution in [3.8, 4) is 11.5 Å². The zero-order valence-electron chi connectivity index (χ0n) is 12.6. The first-order valence-electron chi connectivity index (χ1n) is 7.24. The topological polar surface area (TPSA) is 47.6 Å². The van der Waals surface area contributed by atoms with Gasteiger partial charge in [0.25, 0.3) is 0 Å². The van der Waals surface area contributed by atoms with E-state index in [9.17, 15) is 4.79 Å². The summed E-state index contributed by atoms with van der Waals surface area (Å²) in [6.45, 7) is 7.95. The number of hydrogen-bond acceptors (Lipinski definition) is 3. The van der Waals surface area contributed by atoms with E-state index in [2.05, 4.69) is 19.2 Å². The predicted molar refractivity (Wildman–Crippen MR) is 80.2 cm³/mol. The van der Waals surface area contributed by atoms with E-state index in [1.54, 1.807) is 0 Å². The summed E-state index contributed by atoms with van der Waals surface area (Å²) in [7, 11) is 0. The Morgan fingerprint density at radius 1 is 1.20 bits per heavy atom. The highest BCUT2D eigenvalue weighted by Crippen LogP contribution is 2.26. The van der Waals surface area contributed by atoms with Gasteiger partial charge in [0.1, 0.15) is 0 Å². The fourth-order valence-electron chi connectivity index (χ4n) is 1.67. The Morgan fingerprint density at radius 3 is 2.45 bits per heavy atom. The van der Waals surface area contributed by atoms with Crippen LogP contribution >= 0.6 is 0 Å². The van der Waals surface area contributed by atoms with E-state index >= 15 is 0 Å². The number of ether oxygens (including phenoxy) is 2. The predicted octanol–water partition coefficient (Wildman–Crippen LogP) is 3.02. The van der Waals surface area contributed by atoms with Crippen molar-refractivity contribution in [2.45, 2.75) is 33.6 Å². The van der Waals surface area contributed by atoms with Crippen molar-refractivity contribution in [3.05, 3.63) is 24.3 Å². The number of para-hydroxylation sites is 2. The largest absolute Gasteiger partial charge is 0.490 e. The lowest BCUT2D eigenvalue weighted by Gasteiger charge is -2.11. The second-order valence-electron chi connectivity index (χ2n) is 5.03. The van der Waals surface area contributed by atoms with Gasteiger partial charge >= 0.3 is 0 Å². The van der Waals surface area contributed by atoms with Crippen LogP contribution in [0.4, 0.5) is 0 Å². The molecule has 1 amide bonds. The average molecular weight is 279 g/mol. The molecule has 1 rings (SSSR count). The highest BCUT2D eigenvalue weighted by Gasteiger charge is 2.05. The molecule has 1 aromatic rings. The van der Waals surface area contributed by atoms with Gasteiger partial charge in [-0.05, 0) is 31.4 Å². The van der Waals surface area contributed by atoms with Gasteiger partial charge in [0.05, 0.1) is 13.2 Å². The third kappa shape index (κ3) is 6.45. The molecular weight excluding hydrogens is 254 g/mol. The molecule has 1 aromatic carbocycles. The van der Waals surface area contributed by atoms with Gasteiger partial charge in [-0.25, -0.2) is 0 Å². The lowest BCUT2D eigenvalue weighted by Crippen LogP contribution is -2.27. The molecule has 0 fully saturated rings. The molecule has 0 saturated heterocycles. The summed E-state index contributed by atoms with van der Waals surface area (Å²) in [6.07, 6.45) is 1.19. The number of carbonyl (C=O) groups excluding carboxylic acids is 1. The maximum atomic E-state index is 11.5. The molecule has 0 aliphatic rings. The van der Waals surface area contributed by atoms with Crippen LogP contribution in [0.1, 0.15) is 33.6 Å². The van der Waals surface area contributed by atoms with Crippen molar-refractivity contribution in [2.75, 3.05) is 19.8 Å². The van der Waals surface area contributed by atoms with Crippen LogP contribution in [0.2, 0.25) is 0 Å². The third-order valence-corrected chi connectivity index (χ3v) is 2.66. The molecule has 112 valence electrons. The molecule has 4 nitrogen and oxygen atoms in total. The van der Waals surface area contributed by atoms with E-state index in [1.165, 1.54) is 0 Å². The molecule has 20 heavy (non-hydrogen) atoms. The Bertz CT molecular complexity index is 404. The summed E-state index contributed by atoms with van der Waals surface area (Å²) in [5.74, 6) is 2.05. The van der Waals surface area contributed by atoms with E-state index in [-0.39, 0.29) is 5.91 Å². The van der Waals surface area contributed by atoms with E-state index < -0.39 is 0 Å². The van der Waals surface area contributed by atoms with Crippen molar-refractivity contribution in [1.29, 1.82) is 0 Å². The summed E-state index contributed by atoms with van der Waals surface area (Å²) < 4.78 is 11.1. The van der Waals surface area contributed by atoms with Crippen LogP contribution in [0.25, 0.3) is 0 Å². The van der Waals surface area contributed by atoms with Crippen LogP contribution in [0, 0.1) is 5.92 Å². The first kappa shape index (κ1) is 16.3. The molecule has 0 unspecified atom stereocenters. The van der Waals surface area contributed by atoms with Crippen molar-refractivity contribution in [3.63, 3.8) is 0 Å². The summed E-state index contributed by atoms with van der Waals surface area (Å²) in [4.78, 5) is 11.5. The van der Waals surface area contributed by atoms with Crippen LogP contribution in [0.3, 0.4) is 0 Å². The van der Waals surface area contributed by atoms with Crippen molar-refractivity contribution < 1.29 is 14.3 Å². The maximum absolute atomic E-state index is 11.5. The Morgan fingerprint density at radius 2 is 1.85 bits per heavy atom. The standard InChI is InChI=1S/C16H25NO3/c1-4-19-14-8-5-6-9-15(14)20-11-7-10-16(18)17-12-13(2)3/h5-6,8-9,13H,4,7,10-12H2,1-3H3,(H,17,18). The Kier molecular flexibility index (Phi) is 7.55. The molecule has 1 N–H and O–H groups in total. The highest BCUT2D eigenvalue weighted by molar-refractivity contribution is 5.75. The Labute approximate surface area is 121 Å². The zero-order valence-corrected chi connectivity index (χ0v) is 12.6. The number of nitrogens with one attached hydrogen (secondary N) is 1. The first-order valence-corrected chi connectivity index (χ1v) is 7.24. The molecule has 0 spiro atoms. The smallest absolute Gasteiger partial charge is 0.220 e. The van der Waals surface area contributed by atoms with Gasteiger partial charge < -0.3 is 14.8 Å². The van der Waals surface area contributed by atoms with Gasteiger partial charge in [-0.1, -0.05) is 26.0 Å². The molecule has 0 aromatic heterocycles. The van der Waals surface area contributed by atoms with Crippen LogP contribution in [-0.4, -0.2) is 25.7 Å². The summed E-state index contributed by atoms with van der Waals surface area (Å²) in [6, 6.07) is 7.59. The van der Waals surface area contributed by atoms with Gasteiger partial charge in [-0.2, -0.15) is 0 Å². The quantitative estimate of drug-likeness (QED) is 0.707. The second-order valence-corrected chi connectivity index (χ2v) is 5.03. The maximum Gasteiger partial charge on any atom is 0.220 e. The minimum atomic E-state index is 0.0837. The van der Waals surface area contributed by atoms with Gasteiger partial charge in [0.15, 0.2) is 11.5 Å². The number of rotatable bonds is 9. The molecule has 0 atom stereocenters. The normalized spacial score (nSPS) is 10.4. The van der Waals surface area contributed by atoms with Crippen LogP contribution in [0.5, 0.6) is 11.5 Å². The van der Waals surface area contributed by atoms with Crippen molar-refractivity contribution in [2.24, 2.45) is 5.92 Å². The molecule has 0 heterocycles. The van der Waals surface area contributed by atoms with Crippen molar-refractivity contribution >= 4 is 5.91 Å². The fourth-order valence-corrected chi connectivity index (χ4v) is 1.67. The van der Waals surface area contributed by atoms with E-state index in [0.717, 1.165) is 18.0 Å². The van der Waals surface area contributed by atoms with Gasteiger partial charge in [0, 0.05) is 13.0 Å². The molecule has 0 radical (unpaired) electrons. The zero-order chi connectivity index (χ0) is 14.8. The van der Waals surface area contributed by atoms with E-state index in [0.29, 0.717) is 32.0 Å². The first-order chi connectivity index (χ1) is 9.63.